The fourth-order valence-electron chi connectivity index (χ4n) is 2.13. The molecule has 6 heteroatoms. The number of nitrogens with one attached hydrogen (secondary N) is 1. The minimum Gasteiger partial charge on any atom is -0.334 e. The molecule has 0 bridgehead atoms. The zero-order valence-corrected chi connectivity index (χ0v) is 13.4. The third-order valence-corrected chi connectivity index (χ3v) is 3.72. The fraction of sp³-hybridized carbons (Fsp3) is 0.375. The molecule has 1 atom stereocenters. The van der Waals surface area contributed by atoms with Gasteiger partial charge in [-0.2, -0.15) is 0 Å². The summed E-state index contributed by atoms with van der Waals surface area (Å²) in [5, 5.41) is 2.91. The van der Waals surface area contributed by atoms with Gasteiger partial charge in [-0.1, -0.05) is 0 Å². The third kappa shape index (κ3) is 3.78. The molecule has 0 aromatic carbocycles. The van der Waals surface area contributed by atoms with E-state index < -0.39 is 0 Å². The van der Waals surface area contributed by atoms with Gasteiger partial charge < -0.3 is 10.2 Å². The molecule has 0 radical (unpaired) electrons. The highest BCUT2D eigenvalue weighted by atomic mass is 16.2. The van der Waals surface area contributed by atoms with Crippen molar-refractivity contribution in [3.05, 3.63) is 53.4 Å². The quantitative estimate of drug-likeness (QED) is 0.941. The number of rotatable bonds is 4. The van der Waals surface area contributed by atoms with Crippen LogP contribution in [0.3, 0.4) is 0 Å². The van der Waals surface area contributed by atoms with Crippen molar-refractivity contribution in [2.75, 3.05) is 7.05 Å². The molecule has 6 nitrogen and oxygen atoms in total. The van der Waals surface area contributed by atoms with Crippen molar-refractivity contribution in [1.82, 2.24) is 25.2 Å². The average Bonchev–Trinajstić information content (AvgIpc) is 2.53. The molecule has 0 fully saturated rings. The minimum atomic E-state index is -0.147. The summed E-state index contributed by atoms with van der Waals surface area (Å²) in [6.45, 7) is 6.36. The predicted octanol–water partition coefficient (Wildman–Crippen LogP) is 2.39. The van der Waals surface area contributed by atoms with Gasteiger partial charge in [0.2, 0.25) is 0 Å². The maximum absolute atomic E-state index is 12.3. The van der Waals surface area contributed by atoms with E-state index in [9.17, 15) is 4.79 Å². The summed E-state index contributed by atoms with van der Waals surface area (Å²) in [5.74, 6) is 0. The molecule has 0 aliphatic heterocycles. The van der Waals surface area contributed by atoms with Crippen LogP contribution in [0, 0.1) is 13.8 Å². The summed E-state index contributed by atoms with van der Waals surface area (Å²) in [6, 6.07) is 3.54. The van der Waals surface area contributed by atoms with Crippen molar-refractivity contribution in [3.63, 3.8) is 0 Å². The Morgan fingerprint density at radius 2 is 2.14 bits per heavy atom. The van der Waals surface area contributed by atoms with Gasteiger partial charge in [0, 0.05) is 31.7 Å². The molecule has 0 spiro atoms. The van der Waals surface area contributed by atoms with E-state index in [0.717, 1.165) is 22.5 Å². The van der Waals surface area contributed by atoms with Crippen LogP contribution in [0.2, 0.25) is 0 Å². The van der Waals surface area contributed by atoms with Gasteiger partial charge in [-0.05, 0) is 44.0 Å². The van der Waals surface area contributed by atoms with Gasteiger partial charge >= 0.3 is 6.03 Å². The lowest BCUT2D eigenvalue weighted by atomic mass is 10.1. The van der Waals surface area contributed by atoms with E-state index in [-0.39, 0.29) is 12.1 Å². The van der Waals surface area contributed by atoms with Crippen molar-refractivity contribution in [3.8, 4) is 0 Å². The lowest BCUT2D eigenvalue weighted by molar-refractivity contribution is 0.193. The molecule has 0 unspecified atom stereocenters. The first-order chi connectivity index (χ1) is 10.5. The van der Waals surface area contributed by atoms with Crippen molar-refractivity contribution in [2.24, 2.45) is 0 Å². The van der Waals surface area contributed by atoms with Crippen LogP contribution in [0.15, 0.2) is 30.9 Å². The van der Waals surface area contributed by atoms with Gasteiger partial charge in [0.15, 0.2) is 0 Å². The molecule has 2 aromatic heterocycles. The molecule has 2 heterocycles. The number of nitrogens with zero attached hydrogens (tertiary/aromatic N) is 4. The third-order valence-electron chi connectivity index (χ3n) is 3.72. The summed E-state index contributed by atoms with van der Waals surface area (Å²) in [7, 11) is 1.75. The second-order valence-electron chi connectivity index (χ2n) is 5.33. The fourth-order valence-corrected chi connectivity index (χ4v) is 2.13. The van der Waals surface area contributed by atoms with Gasteiger partial charge in [0.25, 0.3) is 0 Å². The lowest BCUT2D eigenvalue weighted by Gasteiger charge is -2.24. The van der Waals surface area contributed by atoms with Gasteiger partial charge in [-0.3, -0.25) is 4.98 Å². The summed E-state index contributed by atoms with van der Waals surface area (Å²) in [6.07, 6.45) is 4.96. The predicted molar refractivity (Wildman–Crippen MR) is 84.2 cm³/mol. The Hall–Kier alpha value is -2.50. The number of carbonyl (C=O) groups is 1. The van der Waals surface area contributed by atoms with Crippen LogP contribution in [0.4, 0.5) is 4.79 Å². The first kappa shape index (κ1) is 15.9. The molecule has 116 valence electrons. The Bertz CT molecular complexity index is 644. The highest BCUT2D eigenvalue weighted by Crippen LogP contribution is 2.15. The number of hydrogen-bond acceptors (Lipinski definition) is 4. The van der Waals surface area contributed by atoms with Crippen molar-refractivity contribution in [1.29, 1.82) is 0 Å². The van der Waals surface area contributed by atoms with E-state index in [1.807, 2.05) is 32.9 Å². The van der Waals surface area contributed by atoms with E-state index in [1.54, 1.807) is 24.3 Å². The van der Waals surface area contributed by atoms with Crippen LogP contribution in [0.5, 0.6) is 0 Å². The first-order valence-electron chi connectivity index (χ1n) is 7.17. The zero-order valence-electron chi connectivity index (χ0n) is 13.4. The number of amides is 2. The Kier molecular flexibility index (Phi) is 5.04. The molecule has 2 aromatic rings. The minimum absolute atomic E-state index is 0.125. The lowest BCUT2D eigenvalue weighted by Crippen LogP contribution is -2.38. The van der Waals surface area contributed by atoms with Gasteiger partial charge in [-0.25, -0.2) is 14.8 Å². The Morgan fingerprint density at radius 1 is 1.36 bits per heavy atom. The molecule has 0 saturated heterocycles. The summed E-state index contributed by atoms with van der Waals surface area (Å²) in [4.78, 5) is 26.2. The molecular weight excluding hydrogens is 278 g/mol. The monoisotopic (exact) mass is 299 g/mol. The number of hydrogen-bond donors (Lipinski definition) is 1. The van der Waals surface area contributed by atoms with E-state index in [4.69, 9.17) is 0 Å². The van der Waals surface area contributed by atoms with Crippen LogP contribution in [0.25, 0.3) is 0 Å². The van der Waals surface area contributed by atoms with Gasteiger partial charge in [0.05, 0.1) is 11.7 Å². The maximum atomic E-state index is 12.3. The van der Waals surface area contributed by atoms with Crippen LogP contribution in [-0.4, -0.2) is 32.9 Å². The van der Waals surface area contributed by atoms with Crippen LogP contribution < -0.4 is 5.32 Å². The first-order valence-corrected chi connectivity index (χ1v) is 7.17. The smallest absolute Gasteiger partial charge is 0.317 e. The standard InChI is InChI=1S/C16H21N5O/c1-11-7-12(2)18-8-14(11)9-19-16(22)21(4)13(3)15-5-6-17-10-20-15/h5-8,10,13H,9H2,1-4H3,(H,19,22)/t13-/m1/s1. The van der Waals surface area contributed by atoms with E-state index >= 15 is 0 Å². The largest absolute Gasteiger partial charge is 0.334 e. The molecule has 2 amide bonds. The van der Waals surface area contributed by atoms with Gasteiger partial charge in [-0.15, -0.1) is 0 Å². The molecular formula is C16H21N5O. The van der Waals surface area contributed by atoms with Crippen LogP contribution in [0.1, 0.15) is 35.5 Å². The Morgan fingerprint density at radius 3 is 2.77 bits per heavy atom. The van der Waals surface area contributed by atoms with E-state index in [1.165, 1.54) is 6.33 Å². The molecule has 0 saturated carbocycles. The average molecular weight is 299 g/mol. The van der Waals surface area contributed by atoms with Gasteiger partial charge in [0.1, 0.15) is 6.33 Å². The molecule has 2 rings (SSSR count). The highest BCUT2D eigenvalue weighted by molar-refractivity contribution is 5.74. The number of aryl methyl sites for hydroxylation is 2. The molecule has 22 heavy (non-hydrogen) atoms. The summed E-state index contributed by atoms with van der Waals surface area (Å²) in [5.41, 5.74) is 3.92. The highest BCUT2D eigenvalue weighted by Gasteiger charge is 2.18. The Balaban J connectivity index is 1.97. The normalized spacial score (nSPS) is 11.8. The number of pyridine rings is 1. The maximum Gasteiger partial charge on any atom is 0.317 e. The van der Waals surface area contributed by atoms with Crippen molar-refractivity contribution < 1.29 is 4.79 Å². The summed E-state index contributed by atoms with van der Waals surface area (Å²) >= 11 is 0. The second-order valence-corrected chi connectivity index (χ2v) is 5.33. The number of aromatic nitrogens is 3. The van der Waals surface area contributed by atoms with E-state index in [2.05, 4.69) is 20.3 Å². The zero-order chi connectivity index (χ0) is 16.1. The topological polar surface area (TPSA) is 71.0 Å². The van der Waals surface area contributed by atoms with Crippen molar-refractivity contribution >= 4 is 6.03 Å². The van der Waals surface area contributed by atoms with E-state index in [0.29, 0.717) is 6.54 Å². The molecule has 0 aliphatic carbocycles. The Labute approximate surface area is 130 Å². The summed E-state index contributed by atoms with van der Waals surface area (Å²) < 4.78 is 0. The van der Waals surface area contributed by atoms with Crippen LogP contribution in [-0.2, 0) is 6.54 Å². The molecule has 1 N–H and O–H groups in total. The number of carbonyl (C=O) groups excluding carboxylic acids is 1. The number of urea groups is 1. The second kappa shape index (κ2) is 6.98. The van der Waals surface area contributed by atoms with Crippen molar-refractivity contribution in [2.45, 2.75) is 33.4 Å². The van der Waals surface area contributed by atoms with Crippen LogP contribution >= 0.6 is 0 Å². The SMILES string of the molecule is Cc1cc(C)c(CNC(=O)N(C)[C@H](C)c2ccncn2)cn1. The molecule has 0 aliphatic rings.